The summed E-state index contributed by atoms with van der Waals surface area (Å²) in [4.78, 5) is 15.5. The van der Waals surface area contributed by atoms with Gasteiger partial charge in [0.15, 0.2) is 6.29 Å². The van der Waals surface area contributed by atoms with Gasteiger partial charge in [0.25, 0.3) is 0 Å². The molecule has 1 saturated heterocycles. The van der Waals surface area contributed by atoms with E-state index in [4.69, 9.17) is 19.3 Å². The zero-order valence-corrected chi connectivity index (χ0v) is 14.8. The minimum atomic E-state index is -1.26. The SMILES string of the molecule is CO[C@@H]1O[C@H](CO)[C@H](O)[C@H](OCc2nc3ccc(C(=O)O)cc3n2C)[C@H]1O. The molecule has 0 unspecified atom stereocenters. The molecule has 1 aliphatic heterocycles. The lowest BCUT2D eigenvalue weighted by Crippen LogP contribution is -2.59. The Bertz CT molecular complexity index is 807. The molecule has 3 rings (SSSR count). The number of hydrogen-bond acceptors (Lipinski definition) is 8. The van der Waals surface area contributed by atoms with E-state index in [9.17, 15) is 20.1 Å². The Morgan fingerprint density at radius 3 is 2.70 bits per heavy atom. The Morgan fingerprint density at radius 2 is 2.07 bits per heavy atom. The Morgan fingerprint density at radius 1 is 1.33 bits per heavy atom. The highest BCUT2D eigenvalue weighted by Gasteiger charge is 2.45. The van der Waals surface area contributed by atoms with Crippen LogP contribution in [0.15, 0.2) is 18.2 Å². The molecule has 1 aromatic carbocycles. The number of carboxylic acid groups (broad SMARTS) is 1. The average Bonchev–Trinajstić information content (AvgIpc) is 2.97. The van der Waals surface area contributed by atoms with Gasteiger partial charge in [0, 0.05) is 14.2 Å². The second-order valence-electron chi connectivity index (χ2n) is 6.31. The van der Waals surface area contributed by atoms with Crippen molar-refractivity contribution in [1.82, 2.24) is 9.55 Å². The summed E-state index contributed by atoms with van der Waals surface area (Å²) in [5.41, 5.74) is 1.35. The van der Waals surface area contributed by atoms with Crippen LogP contribution in [0.1, 0.15) is 16.2 Å². The second kappa shape index (κ2) is 7.89. The van der Waals surface area contributed by atoms with E-state index in [1.54, 1.807) is 17.7 Å². The molecule has 1 aromatic heterocycles. The number of aromatic nitrogens is 2. The molecule has 0 amide bonds. The predicted octanol–water partition coefficient (Wildman–Crippen LogP) is -0.758. The number of methoxy groups -OCH3 is 1. The monoisotopic (exact) mass is 382 g/mol. The number of aryl methyl sites for hydroxylation is 1. The van der Waals surface area contributed by atoms with Gasteiger partial charge >= 0.3 is 5.97 Å². The van der Waals surface area contributed by atoms with Crippen LogP contribution in [0.3, 0.4) is 0 Å². The highest BCUT2D eigenvalue weighted by molar-refractivity contribution is 5.92. The zero-order chi connectivity index (χ0) is 19.7. The molecule has 148 valence electrons. The minimum Gasteiger partial charge on any atom is -0.478 e. The van der Waals surface area contributed by atoms with Gasteiger partial charge in [-0.05, 0) is 18.2 Å². The van der Waals surface area contributed by atoms with E-state index >= 15 is 0 Å². The smallest absolute Gasteiger partial charge is 0.335 e. The van der Waals surface area contributed by atoms with Crippen molar-refractivity contribution < 1.29 is 39.4 Å². The van der Waals surface area contributed by atoms with E-state index < -0.39 is 43.3 Å². The lowest BCUT2D eigenvalue weighted by molar-refractivity contribution is -0.303. The van der Waals surface area contributed by atoms with Crippen LogP contribution in [-0.4, -0.2) is 80.4 Å². The van der Waals surface area contributed by atoms with Crippen molar-refractivity contribution in [1.29, 1.82) is 0 Å². The third-order valence-corrected chi connectivity index (χ3v) is 4.68. The van der Waals surface area contributed by atoms with Crippen LogP contribution in [0.25, 0.3) is 11.0 Å². The van der Waals surface area contributed by atoms with Gasteiger partial charge in [0.2, 0.25) is 0 Å². The number of aliphatic hydroxyl groups excluding tert-OH is 3. The van der Waals surface area contributed by atoms with Crippen LogP contribution < -0.4 is 0 Å². The highest BCUT2D eigenvalue weighted by Crippen LogP contribution is 2.25. The Labute approximate surface area is 154 Å². The molecule has 2 heterocycles. The first-order chi connectivity index (χ1) is 12.9. The van der Waals surface area contributed by atoms with Gasteiger partial charge < -0.3 is 39.2 Å². The van der Waals surface area contributed by atoms with Crippen molar-refractivity contribution in [2.75, 3.05) is 13.7 Å². The standard InChI is InChI=1S/C17H22N2O8/c1-19-10-5-8(16(23)24)3-4-9(10)18-12(19)7-26-15-13(21)11(6-20)27-17(25-2)14(15)22/h3-5,11,13-15,17,20-22H,6-7H2,1-2H3,(H,23,24)/t11-,13+,14-,15+,17-/m1/s1. The molecular weight excluding hydrogens is 360 g/mol. The fraction of sp³-hybridized carbons (Fsp3) is 0.529. The van der Waals surface area contributed by atoms with E-state index in [1.165, 1.54) is 19.2 Å². The maximum atomic E-state index is 11.1. The zero-order valence-electron chi connectivity index (χ0n) is 14.8. The first-order valence-corrected chi connectivity index (χ1v) is 8.32. The van der Waals surface area contributed by atoms with Crippen LogP contribution in [0, 0.1) is 0 Å². The van der Waals surface area contributed by atoms with Crippen molar-refractivity contribution in [2.24, 2.45) is 7.05 Å². The Balaban J connectivity index is 1.80. The van der Waals surface area contributed by atoms with Crippen molar-refractivity contribution in [2.45, 2.75) is 37.3 Å². The second-order valence-corrected chi connectivity index (χ2v) is 6.31. The molecule has 10 nitrogen and oxygen atoms in total. The normalized spacial score (nSPS) is 28.6. The van der Waals surface area contributed by atoms with E-state index in [0.29, 0.717) is 16.9 Å². The molecule has 4 N–H and O–H groups in total. The van der Waals surface area contributed by atoms with E-state index in [-0.39, 0.29) is 12.2 Å². The van der Waals surface area contributed by atoms with E-state index in [1.807, 2.05) is 0 Å². The quantitative estimate of drug-likeness (QED) is 0.507. The number of aromatic carboxylic acids is 1. The number of rotatable bonds is 6. The van der Waals surface area contributed by atoms with Crippen molar-refractivity contribution in [3.63, 3.8) is 0 Å². The predicted molar refractivity (Wildman–Crippen MR) is 91.0 cm³/mol. The molecule has 0 aliphatic carbocycles. The van der Waals surface area contributed by atoms with Gasteiger partial charge in [-0.15, -0.1) is 0 Å². The average molecular weight is 382 g/mol. The van der Waals surface area contributed by atoms with Crippen LogP contribution in [-0.2, 0) is 27.9 Å². The largest absolute Gasteiger partial charge is 0.478 e. The molecule has 1 aliphatic rings. The van der Waals surface area contributed by atoms with Gasteiger partial charge in [-0.1, -0.05) is 0 Å². The highest BCUT2D eigenvalue weighted by atomic mass is 16.7. The molecule has 0 saturated carbocycles. The van der Waals surface area contributed by atoms with Crippen molar-refractivity contribution in [3.8, 4) is 0 Å². The summed E-state index contributed by atoms with van der Waals surface area (Å²) >= 11 is 0. The fourth-order valence-corrected chi connectivity index (χ4v) is 3.12. The Kier molecular flexibility index (Phi) is 5.75. The van der Waals surface area contributed by atoms with Gasteiger partial charge in [0.05, 0.1) is 23.2 Å². The molecule has 2 aromatic rings. The van der Waals surface area contributed by atoms with Gasteiger partial charge in [-0.2, -0.15) is 0 Å². The number of aliphatic hydroxyl groups is 3. The summed E-state index contributed by atoms with van der Waals surface area (Å²) in [6.07, 6.45) is -5.59. The number of nitrogens with zero attached hydrogens (tertiary/aromatic N) is 2. The number of hydrogen-bond donors (Lipinski definition) is 4. The Hall–Kier alpha value is -2.08. The number of carbonyl (C=O) groups is 1. The summed E-state index contributed by atoms with van der Waals surface area (Å²) in [5.74, 6) is -0.557. The molecule has 0 bridgehead atoms. The molecule has 1 fully saturated rings. The third kappa shape index (κ3) is 3.68. The van der Waals surface area contributed by atoms with Gasteiger partial charge in [0.1, 0.15) is 36.8 Å². The maximum Gasteiger partial charge on any atom is 0.335 e. The molecule has 5 atom stereocenters. The minimum absolute atomic E-state index is 0.0546. The first-order valence-electron chi connectivity index (χ1n) is 8.32. The number of carboxylic acids is 1. The van der Waals surface area contributed by atoms with Crippen LogP contribution in [0.5, 0.6) is 0 Å². The van der Waals surface area contributed by atoms with Crippen LogP contribution in [0.4, 0.5) is 0 Å². The maximum absolute atomic E-state index is 11.1. The van der Waals surface area contributed by atoms with Crippen LogP contribution >= 0.6 is 0 Å². The number of ether oxygens (including phenoxy) is 3. The molecule has 27 heavy (non-hydrogen) atoms. The van der Waals surface area contributed by atoms with Gasteiger partial charge in [-0.25, -0.2) is 9.78 Å². The first kappa shape index (κ1) is 19.7. The third-order valence-electron chi connectivity index (χ3n) is 4.68. The lowest BCUT2D eigenvalue weighted by Gasteiger charge is -2.41. The summed E-state index contributed by atoms with van der Waals surface area (Å²) in [7, 11) is 3.05. The molecular formula is C17H22N2O8. The van der Waals surface area contributed by atoms with Gasteiger partial charge in [-0.3, -0.25) is 0 Å². The summed E-state index contributed by atoms with van der Waals surface area (Å²) in [6, 6.07) is 4.57. The summed E-state index contributed by atoms with van der Waals surface area (Å²) in [5, 5.41) is 39.0. The van der Waals surface area contributed by atoms with E-state index in [2.05, 4.69) is 4.98 Å². The molecule has 0 radical (unpaired) electrons. The fourth-order valence-electron chi connectivity index (χ4n) is 3.12. The lowest BCUT2D eigenvalue weighted by atomic mass is 9.99. The number of imidazole rings is 1. The summed E-state index contributed by atoms with van der Waals surface area (Å²) in [6.45, 7) is -0.515. The molecule has 0 spiro atoms. The van der Waals surface area contributed by atoms with Crippen molar-refractivity contribution >= 4 is 17.0 Å². The van der Waals surface area contributed by atoms with Crippen molar-refractivity contribution in [3.05, 3.63) is 29.6 Å². The van der Waals surface area contributed by atoms with Crippen LogP contribution in [0.2, 0.25) is 0 Å². The topological polar surface area (TPSA) is 144 Å². The molecule has 10 heteroatoms. The number of benzene rings is 1. The number of fused-ring (bicyclic) bond motifs is 1. The van der Waals surface area contributed by atoms with E-state index in [0.717, 1.165) is 0 Å². The summed E-state index contributed by atoms with van der Waals surface area (Å²) < 4.78 is 17.6.